The molecule has 1 amide bonds. The summed E-state index contributed by atoms with van der Waals surface area (Å²) in [4.78, 5) is 13.0. The molecule has 1 aliphatic heterocycles. The summed E-state index contributed by atoms with van der Waals surface area (Å²) >= 11 is 0. The number of para-hydroxylation sites is 2. The number of nitrogens with zero attached hydrogens (tertiary/aromatic N) is 1. The van der Waals surface area contributed by atoms with Crippen molar-refractivity contribution in [1.82, 2.24) is 4.31 Å². The lowest BCUT2D eigenvalue weighted by atomic mass is 10.2. The number of carbonyl (C=O) groups excluding carboxylic acids is 1. The summed E-state index contributed by atoms with van der Waals surface area (Å²) in [7, 11) is -1.97. The first kappa shape index (κ1) is 23.1. The Morgan fingerprint density at radius 3 is 2.19 bits per heavy atom. The van der Waals surface area contributed by atoms with Gasteiger partial charge in [0, 0.05) is 18.8 Å². The molecule has 31 heavy (non-hydrogen) atoms. The number of rotatable bonds is 8. The van der Waals surface area contributed by atoms with Crippen LogP contribution in [0.2, 0.25) is 0 Å². The Hall–Kier alpha value is -2.58. The van der Waals surface area contributed by atoms with Crippen LogP contribution in [0.5, 0.6) is 11.5 Å². The second-order valence-electron chi connectivity index (χ2n) is 7.50. The average Bonchev–Trinajstić information content (AvgIpc) is 3.08. The molecule has 1 N–H and O–H groups in total. The minimum atomic E-state index is -3.52. The van der Waals surface area contributed by atoms with E-state index in [1.807, 2.05) is 19.1 Å². The summed E-state index contributed by atoms with van der Waals surface area (Å²) < 4.78 is 38.5. The average molecular weight is 447 g/mol. The molecule has 1 saturated heterocycles. The highest BCUT2D eigenvalue weighted by molar-refractivity contribution is 7.89. The molecule has 0 saturated carbocycles. The maximum absolute atomic E-state index is 12.9. The first-order valence-electron chi connectivity index (χ1n) is 10.7. The molecule has 2 aromatic rings. The molecule has 7 nitrogen and oxygen atoms in total. The van der Waals surface area contributed by atoms with Gasteiger partial charge in [0.1, 0.15) is 0 Å². The van der Waals surface area contributed by atoms with E-state index in [0.717, 1.165) is 25.7 Å². The van der Waals surface area contributed by atoms with Crippen molar-refractivity contribution in [3.8, 4) is 11.5 Å². The third-order valence-electron chi connectivity index (χ3n) is 5.33. The minimum absolute atomic E-state index is 0.240. The van der Waals surface area contributed by atoms with Gasteiger partial charge in [0.15, 0.2) is 17.6 Å². The van der Waals surface area contributed by atoms with E-state index in [9.17, 15) is 13.2 Å². The van der Waals surface area contributed by atoms with E-state index < -0.39 is 16.1 Å². The van der Waals surface area contributed by atoms with Gasteiger partial charge < -0.3 is 14.8 Å². The molecule has 2 aromatic carbocycles. The van der Waals surface area contributed by atoms with Crippen molar-refractivity contribution in [2.24, 2.45) is 0 Å². The van der Waals surface area contributed by atoms with Gasteiger partial charge in [0.25, 0.3) is 5.91 Å². The van der Waals surface area contributed by atoms with Gasteiger partial charge in [0.05, 0.1) is 12.0 Å². The summed E-state index contributed by atoms with van der Waals surface area (Å²) in [6, 6.07) is 13.5. The molecule has 0 radical (unpaired) electrons. The van der Waals surface area contributed by atoms with Crippen LogP contribution in [0.1, 0.15) is 39.0 Å². The molecule has 8 heteroatoms. The Morgan fingerprint density at radius 1 is 1.00 bits per heavy atom. The zero-order chi connectivity index (χ0) is 22.3. The molecule has 0 spiro atoms. The Labute approximate surface area is 184 Å². The van der Waals surface area contributed by atoms with Gasteiger partial charge in [-0.25, -0.2) is 8.42 Å². The van der Waals surface area contributed by atoms with Crippen molar-refractivity contribution >= 4 is 21.6 Å². The number of sulfonamides is 1. The highest BCUT2D eigenvalue weighted by atomic mass is 32.2. The molecular formula is C23H30N2O5S. The number of hydrogen-bond donors (Lipinski definition) is 1. The lowest BCUT2D eigenvalue weighted by molar-refractivity contribution is -0.122. The number of methoxy groups -OCH3 is 1. The first-order valence-corrected chi connectivity index (χ1v) is 12.1. The monoisotopic (exact) mass is 446 g/mol. The van der Waals surface area contributed by atoms with E-state index in [1.165, 1.54) is 12.1 Å². The summed E-state index contributed by atoms with van der Waals surface area (Å²) in [5.41, 5.74) is 0.516. The first-order chi connectivity index (χ1) is 15.0. The molecule has 168 valence electrons. The Balaban J connectivity index is 1.67. The van der Waals surface area contributed by atoms with Crippen molar-refractivity contribution in [2.45, 2.75) is 50.0 Å². The summed E-state index contributed by atoms with van der Waals surface area (Å²) in [5, 5.41) is 2.81. The van der Waals surface area contributed by atoms with Gasteiger partial charge in [-0.3, -0.25) is 4.79 Å². The fourth-order valence-corrected chi connectivity index (χ4v) is 5.07. The van der Waals surface area contributed by atoms with E-state index in [4.69, 9.17) is 9.47 Å². The third kappa shape index (κ3) is 5.77. The predicted molar refractivity (Wildman–Crippen MR) is 120 cm³/mol. The number of ether oxygens (including phenoxy) is 2. The fourth-order valence-electron chi connectivity index (χ4n) is 3.56. The summed E-state index contributed by atoms with van der Waals surface area (Å²) in [6.45, 7) is 2.97. The van der Waals surface area contributed by atoms with Gasteiger partial charge in [-0.2, -0.15) is 4.31 Å². The second-order valence-corrected chi connectivity index (χ2v) is 9.44. The molecule has 0 aromatic heterocycles. The quantitative estimate of drug-likeness (QED) is 0.661. The number of hydrogen-bond acceptors (Lipinski definition) is 5. The van der Waals surface area contributed by atoms with E-state index in [0.29, 0.717) is 36.7 Å². The molecule has 3 rings (SSSR count). The maximum atomic E-state index is 12.9. The summed E-state index contributed by atoms with van der Waals surface area (Å²) in [5.74, 6) is 0.735. The zero-order valence-corrected chi connectivity index (χ0v) is 18.9. The van der Waals surface area contributed by atoms with Crippen LogP contribution in [-0.2, 0) is 14.8 Å². The number of carbonyl (C=O) groups is 1. The lowest BCUT2D eigenvalue weighted by Gasteiger charge is -2.20. The normalized spacial score (nSPS) is 16.2. The molecule has 1 heterocycles. The van der Waals surface area contributed by atoms with Crippen LogP contribution in [0.3, 0.4) is 0 Å². The molecule has 0 bridgehead atoms. The highest BCUT2D eigenvalue weighted by Gasteiger charge is 2.25. The number of nitrogens with one attached hydrogen (secondary N) is 1. The molecule has 1 atom stereocenters. The molecule has 0 unspecified atom stereocenters. The van der Waals surface area contributed by atoms with Gasteiger partial charge in [-0.05, 0) is 55.7 Å². The third-order valence-corrected chi connectivity index (χ3v) is 7.24. The number of anilines is 1. The van der Waals surface area contributed by atoms with Crippen LogP contribution in [0.4, 0.5) is 5.69 Å². The van der Waals surface area contributed by atoms with Gasteiger partial charge in [-0.1, -0.05) is 31.9 Å². The van der Waals surface area contributed by atoms with Gasteiger partial charge >= 0.3 is 0 Å². The predicted octanol–water partition coefficient (Wildman–Crippen LogP) is 4.06. The number of amides is 1. The fraction of sp³-hybridized carbons (Fsp3) is 0.435. The van der Waals surface area contributed by atoms with Crippen LogP contribution in [0.25, 0.3) is 0 Å². The lowest BCUT2D eigenvalue weighted by Crippen LogP contribution is -2.33. The van der Waals surface area contributed by atoms with Crippen LogP contribution in [0.15, 0.2) is 53.4 Å². The van der Waals surface area contributed by atoms with Crippen LogP contribution in [0, 0.1) is 0 Å². The van der Waals surface area contributed by atoms with Crippen LogP contribution >= 0.6 is 0 Å². The van der Waals surface area contributed by atoms with Crippen molar-refractivity contribution in [1.29, 1.82) is 0 Å². The second kappa shape index (κ2) is 10.6. The Kier molecular flexibility index (Phi) is 7.92. The van der Waals surface area contributed by atoms with Crippen molar-refractivity contribution in [3.05, 3.63) is 48.5 Å². The SMILES string of the molecule is CC[C@@H](Oc1ccccc1OC)C(=O)Nc1ccc(S(=O)(=O)N2CCCCCC2)cc1. The minimum Gasteiger partial charge on any atom is -0.493 e. The van der Waals surface area contributed by atoms with Crippen molar-refractivity contribution in [2.75, 3.05) is 25.5 Å². The molecule has 1 fully saturated rings. The van der Waals surface area contributed by atoms with E-state index in [1.54, 1.807) is 35.7 Å². The maximum Gasteiger partial charge on any atom is 0.265 e. The largest absolute Gasteiger partial charge is 0.493 e. The molecule has 1 aliphatic rings. The van der Waals surface area contributed by atoms with E-state index in [-0.39, 0.29) is 10.8 Å². The molecule has 0 aliphatic carbocycles. The smallest absolute Gasteiger partial charge is 0.265 e. The Morgan fingerprint density at radius 2 is 1.61 bits per heavy atom. The van der Waals surface area contributed by atoms with Crippen molar-refractivity contribution in [3.63, 3.8) is 0 Å². The van der Waals surface area contributed by atoms with E-state index >= 15 is 0 Å². The number of benzene rings is 2. The topological polar surface area (TPSA) is 84.9 Å². The zero-order valence-electron chi connectivity index (χ0n) is 18.0. The standard InChI is InChI=1S/C23H30N2O5S/c1-3-20(30-22-11-7-6-10-21(22)29-2)23(26)24-18-12-14-19(15-13-18)31(27,28)25-16-8-4-5-9-17-25/h6-7,10-15,20H,3-5,8-9,16-17H2,1-2H3,(H,24,26)/t20-/m1/s1. The van der Waals surface area contributed by atoms with Crippen LogP contribution in [-0.4, -0.2) is 44.9 Å². The van der Waals surface area contributed by atoms with Crippen LogP contribution < -0.4 is 14.8 Å². The Bertz CT molecular complexity index is 968. The molecular weight excluding hydrogens is 416 g/mol. The van der Waals surface area contributed by atoms with Gasteiger partial charge in [0.2, 0.25) is 10.0 Å². The highest BCUT2D eigenvalue weighted by Crippen LogP contribution is 2.28. The van der Waals surface area contributed by atoms with Gasteiger partial charge in [-0.15, -0.1) is 0 Å². The summed E-state index contributed by atoms with van der Waals surface area (Å²) in [6.07, 6.45) is 3.65. The van der Waals surface area contributed by atoms with Crippen molar-refractivity contribution < 1.29 is 22.7 Å². The van der Waals surface area contributed by atoms with E-state index in [2.05, 4.69) is 5.32 Å².